The fourth-order valence-electron chi connectivity index (χ4n) is 3.28. The number of benzene rings is 2. The summed E-state index contributed by atoms with van der Waals surface area (Å²) in [6.45, 7) is 0.290. The van der Waals surface area contributed by atoms with Gasteiger partial charge in [0.25, 0.3) is 5.91 Å². The molecular weight excluding hydrogens is 402 g/mol. The number of anilines is 2. The highest BCUT2D eigenvalue weighted by Gasteiger charge is 2.32. The summed E-state index contributed by atoms with van der Waals surface area (Å²) < 4.78 is 57.9. The van der Waals surface area contributed by atoms with Crippen molar-refractivity contribution in [1.82, 2.24) is 4.98 Å². The van der Waals surface area contributed by atoms with Crippen molar-refractivity contribution in [2.75, 3.05) is 17.2 Å². The number of carbonyl (C=O) groups is 1. The first kappa shape index (κ1) is 19.7. The number of ether oxygens (including phenoxy) is 1. The number of rotatable bonds is 3. The molecule has 0 radical (unpaired) electrons. The summed E-state index contributed by atoms with van der Waals surface area (Å²) >= 11 is 0. The van der Waals surface area contributed by atoms with Crippen molar-refractivity contribution in [3.05, 3.63) is 77.1 Å². The van der Waals surface area contributed by atoms with Crippen LogP contribution in [0.25, 0.3) is 0 Å². The van der Waals surface area contributed by atoms with Crippen molar-refractivity contribution in [2.24, 2.45) is 0 Å². The first-order chi connectivity index (χ1) is 14.2. The van der Waals surface area contributed by atoms with E-state index < -0.39 is 17.6 Å². The molecule has 154 valence electrons. The third-order valence-electron chi connectivity index (χ3n) is 4.71. The number of halogens is 4. The molecule has 0 atom stereocenters. The summed E-state index contributed by atoms with van der Waals surface area (Å²) in [6, 6.07) is 11.7. The van der Waals surface area contributed by atoms with Crippen LogP contribution >= 0.6 is 0 Å². The van der Waals surface area contributed by atoms with Crippen molar-refractivity contribution in [1.29, 1.82) is 0 Å². The molecule has 0 spiro atoms. The van der Waals surface area contributed by atoms with Crippen LogP contribution in [-0.2, 0) is 12.6 Å². The van der Waals surface area contributed by atoms with Crippen molar-refractivity contribution < 1.29 is 27.1 Å². The lowest BCUT2D eigenvalue weighted by molar-refractivity contribution is -0.137. The Bertz CT molecular complexity index is 1130. The predicted octanol–water partition coefficient (Wildman–Crippen LogP) is 4.82. The minimum Gasteiger partial charge on any atom is -0.454 e. The molecule has 1 aliphatic rings. The highest BCUT2D eigenvalue weighted by molar-refractivity contribution is 6.08. The van der Waals surface area contributed by atoms with E-state index in [2.05, 4.69) is 4.98 Å². The molecule has 0 saturated carbocycles. The summed E-state index contributed by atoms with van der Waals surface area (Å²) in [7, 11) is 0. The van der Waals surface area contributed by atoms with Crippen LogP contribution in [-0.4, -0.2) is 17.4 Å². The second kappa shape index (κ2) is 7.33. The van der Waals surface area contributed by atoms with Crippen molar-refractivity contribution in [3.63, 3.8) is 0 Å². The summed E-state index contributed by atoms with van der Waals surface area (Å²) in [4.78, 5) is 18.6. The number of nitrogens with zero attached hydrogens (tertiary/aromatic N) is 2. The van der Waals surface area contributed by atoms with E-state index >= 15 is 0 Å². The van der Waals surface area contributed by atoms with Gasteiger partial charge in [0, 0.05) is 17.7 Å². The summed E-state index contributed by atoms with van der Waals surface area (Å²) in [5.74, 6) is -0.932. The van der Waals surface area contributed by atoms with Gasteiger partial charge in [-0.2, -0.15) is 13.2 Å². The van der Waals surface area contributed by atoms with Gasteiger partial charge in [0.1, 0.15) is 17.4 Å². The molecule has 1 amide bonds. The number of hydrogen-bond acceptors (Lipinski definition) is 4. The summed E-state index contributed by atoms with van der Waals surface area (Å²) in [5.41, 5.74) is 5.47. The number of carbonyl (C=O) groups excluding carboxylic acids is 1. The van der Waals surface area contributed by atoms with E-state index in [0.717, 1.165) is 12.1 Å². The number of pyridine rings is 1. The number of nitrogen functional groups attached to an aromatic ring is 1. The Hall–Kier alpha value is -3.62. The zero-order valence-electron chi connectivity index (χ0n) is 15.4. The fraction of sp³-hybridized carbons (Fsp3) is 0.143. The SMILES string of the molecule is Nc1cccc(N2CCc3c(Oc4ccc(C(F)(F)F)cc4F)cccc3C2=O)n1. The molecular formula is C21H15F4N3O2. The standard InChI is InChI=1S/C21H15F4N3O2/c22-15-11-12(21(23,24)25)7-8-17(15)30-16-4-1-3-14-13(16)9-10-28(20(14)29)19-6-2-5-18(26)27-19/h1-8,11H,9-10H2,(H2,26,27). The zero-order chi connectivity index (χ0) is 21.5. The van der Waals surface area contributed by atoms with Crippen molar-refractivity contribution >= 4 is 17.5 Å². The average Bonchev–Trinajstić information content (AvgIpc) is 2.69. The maximum absolute atomic E-state index is 14.2. The first-order valence-electron chi connectivity index (χ1n) is 8.95. The second-order valence-corrected chi connectivity index (χ2v) is 6.65. The number of fused-ring (bicyclic) bond motifs is 1. The quantitative estimate of drug-likeness (QED) is 0.621. The van der Waals surface area contributed by atoms with Gasteiger partial charge in [-0.25, -0.2) is 9.37 Å². The first-order valence-corrected chi connectivity index (χ1v) is 8.95. The zero-order valence-corrected chi connectivity index (χ0v) is 15.4. The molecule has 0 bridgehead atoms. The Balaban J connectivity index is 1.64. The van der Waals surface area contributed by atoms with Crippen molar-refractivity contribution in [3.8, 4) is 11.5 Å². The third kappa shape index (κ3) is 3.66. The van der Waals surface area contributed by atoms with Gasteiger partial charge in [-0.1, -0.05) is 12.1 Å². The Morgan fingerprint density at radius 3 is 2.50 bits per heavy atom. The van der Waals surface area contributed by atoms with Gasteiger partial charge in [0.2, 0.25) is 0 Å². The molecule has 1 aromatic heterocycles. The van der Waals surface area contributed by atoms with Gasteiger partial charge in [0.15, 0.2) is 11.6 Å². The van der Waals surface area contributed by atoms with Crippen LogP contribution in [0, 0.1) is 5.82 Å². The maximum atomic E-state index is 14.2. The van der Waals surface area contributed by atoms with Crippen LogP contribution in [0.15, 0.2) is 54.6 Å². The lowest BCUT2D eigenvalue weighted by Gasteiger charge is -2.29. The Kier molecular flexibility index (Phi) is 4.81. The van der Waals surface area contributed by atoms with Crippen LogP contribution in [0.5, 0.6) is 11.5 Å². The molecule has 1 aliphatic heterocycles. The smallest absolute Gasteiger partial charge is 0.416 e. The van der Waals surface area contributed by atoms with E-state index in [1.165, 1.54) is 11.0 Å². The highest BCUT2D eigenvalue weighted by atomic mass is 19.4. The molecule has 0 saturated heterocycles. The van der Waals surface area contributed by atoms with Crippen molar-refractivity contribution in [2.45, 2.75) is 12.6 Å². The highest BCUT2D eigenvalue weighted by Crippen LogP contribution is 2.36. The molecule has 2 heterocycles. The van der Waals surface area contributed by atoms with E-state index in [-0.39, 0.29) is 29.8 Å². The average molecular weight is 417 g/mol. The lowest BCUT2D eigenvalue weighted by atomic mass is 9.98. The monoisotopic (exact) mass is 417 g/mol. The van der Waals surface area contributed by atoms with Gasteiger partial charge in [-0.15, -0.1) is 0 Å². The number of nitrogens with two attached hydrogens (primary N) is 1. The van der Waals surface area contributed by atoms with Gasteiger partial charge in [-0.05, 0) is 48.9 Å². The third-order valence-corrected chi connectivity index (χ3v) is 4.71. The van der Waals surface area contributed by atoms with Crippen LogP contribution < -0.4 is 15.4 Å². The van der Waals surface area contributed by atoms with Gasteiger partial charge in [0.05, 0.1) is 5.56 Å². The predicted molar refractivity (Wildman–Crippen MR) is 102 cm³/mol. The number of amides is 1. The normalized spacial score (nSPS) is 13.9. The van der Waals surface area contributed by atoms with Gasteiger partial charge >= 0.3 is 6.18 Å². The maximum Gasteiger partial charge on any atom is 0.416 e. The molecule has 0 fully saturated rings. The van der Waals surface area contributed by atoms with E-state index in [0.29, 0.717) is 29.4 Å². The number of aromatic nitrogens is 1. The van der Waals surface area contributed by atoms with Crippen LogP contribution in [0.3, 0.4) is 0 Å². The molecule has 0 aliphatic carbocycles. The molecule has 5 nitrogen and oxygen atoms in total. The van der Waals surface area contributed by atoms with Crippen LogP contribution in [0.2, 0.25) is 0 Å². The largest absolute Gasteiger partial charge is 0.454 e. The topological polar surface area (TPSA) is 68.4 Å². The van der Waals surface area contributed by atoms with E-state index in [9.17, 15) is 22.4 Å². The molecule has 3 aromatic rings. The molecule has 2 N–H and O–H groups in total. The van der Waals surface area contributed by atoms with E-state index in [1.54, 1.807) is 30.3 Å². The lowest BCUT2D eigenvalue weighted by Crippen LogP contribution is -2.38. The summed E-state index contributed by atoms with van der Waals surface area (Å²) in [6.07, 6.45) is -4.27. The van der Waals surface area contributed by atoms with Gasteiger partial charge in [-0.3, -0.25) is 9.69 Å². The molecule has 2 aromatic carbocycles. The minimum absolute atomic E-state index is 0.208. The van der Waals surface area contributed by atoms with Gasteiger partial charge < -0.3 is 10.5 Å². The molecule has 9 heteroatoms. The van der Waals surface area contributed by atoms with Crippen LogP contribution in [0.1, 0.15) is 21.5 Å². The van der Waals surface area contributed by atoms with E-state index in [4.69, 9.17) is 10.5 Å². The Morgan fingerprint density at radius 1 is 1.03 bits per heavy atom. The second-order valence-electron chi connectivity index (χ2n) is 6.65. The number of alkyl halides is 3. The molecule has 4 rings (SSSR count). The number of hydrogen-bond donors (Lipinski definition) is 1. The molecule has 30 heavy (non-hydrogen) atoms. The summed E-state index contributed by atoms with van der Waals surface area (Å²) in [5, 5.41) is 0. The minimum atomic E-state index is -4.66. The molecule has 0 unspecified atom stereocenters. The fourth-order valence-corrected chi connectivity index (χ4v) is 3.28. The Labute approximate surface area is 168 Å². The Morgan fingerprint density at radius 2 is 1.80 bits per heavy atom. The van der Waals surface area contributed by atoms with Crippen LogP contribution in [0.4, 0.5) is 29.2 Å². The van der Waals surface area contributed by atoms with E-state index in [1.807, 2.05) is 0 Å².